The van der Waals surface area contributed by atoms with Gasteiger partial charge in [-0.15, -0.1) is 5.06 Å². The minimum Gasteiger partial charge on any atom is -0.324 e. The smallest absolute Gasteiger partial charge is 0.285 e. The molecule has 6 heteroatoms. The van der Waals surface area contributed by atoms with Crippen LogP contribution in [-0.2, 0) is 9.63 Å². The fraction of sp³-hybridized carbons (Fsp3) is 0.0625. The minimum absolute atomic E-state index is 0.274. The fourth-order valence-electron chi connectivity index (χ4n) is 2.13. The SMILES string of the molecule is O=C(CON1C(=O)c2ccccc2C1=O)Nc1ccccc1. The van der Waals surface area contributed by atoms with Crippen molar-refractivity contribution in [2.45, 2.75) is 0 Å². The van der Waals surface area contributed by atoms with Gasteiger partial charge in [0.15, 0.2) is 6.61 Å². The fourth-order valence-corrected chi connectivity index (χ4v) is 2.13. The molecule has 0 unspecified atom stereocenters. The van der Waals surface area contributed by atoms with E-state index < -0.39 is 24.3 Å². The van der Waals surface area contributed by atoms with E-state index in [2.05, 4.69) is 5.32 Å². The van der Waals surface area contributed by atoms with Crippen molar-refractivity contribution in [2.75, 3.05) is 11.9 Å². The lowest BCUT2D eigenvalue weighted by molar-refractivity contribution is -0.134. The Labute approximate surface area is 126 Å². The number of carbonyl (C=O) groups excluding carboxylic acids is 3. The number of hydrogen-bond donors (Lipinski definition) is 1. The third-order valence-corrected chi connectivity index (χ3v) is 3.14. The number of rotatable bonds is 4. The largest absolute Gasteiger partial charge is 0.324 e. The van der Waals surface area contributed by atoms with Crippen molar-refractivity contribution < 1.29 is 19.2 Å². The van der Waals surface area contributed by atoms with Crippen LogP contribution in [0.5, 0.6) is 0 Å². The van der Waals surface area contributed by atoms with Gasteiger partial charge in [-0.25, -0.2) is 0 Å². The van der Waals surface area contributed by atoms with Crippen molar-refractivity contribution in [1.29, 1.82) is 0 Å². The van der Waals surface area contributed by atoms with Gasteiger partial charge in [0, 0.05) is 5.69 Å². The molecule has 0 aromatic heterocycles. The van der Waals surface area contributed by atoms with Crippen molar-refractivity contribution in [2.24, 2.45) is 0 Å². The monoisotopic (exact) mass is 296 g/mol. The second-order valence-electron chi connectivity index (χ2n) is 4.64. The van der Waals surface area contributed by atoms with Crippen molar-refractivity contribution in [1.82, 2.24) is 5.06 Å². The van der Waals surface area contributed by atoms with E-state index in [1.54, 1.807) is 48.5 Å². The Hall–Kier alpha value is -2.99. The third kappa shape index (κ3) is 2.59. The molecule has 3 rings (SSSR count). The molecule has 0 fully saturated rings. The van der Waals surface area contributed by atoms with E-state index in [1.807, 2.05) is 6.07 Å². The summed E-state index contributed by atoms with van der Waals surface area (Å²) in [5.74, 6) is -1.58. The summed E-state index contributed by atoms with van der Waals surface area (Å²) in [6.45, 7) is -0.430. The number of hydrogen-bond acceptors (Lipinski definition) is 4. The molecule has 6 nitrogen and oxygen atoms in total. The standard InChI is InChI=1S/C16H12N2O4/c19-14(17-11-6-2-1-3-7-11)10-22-18-15(20)12-8-4-5-9-13(12)16(18)21/h1-9H,10H2,(H,17,19). The topological polar surface area (TPSA) is 75.7 Å². The first kappa shape index (κ1) is 14.0. The number of para-hydroxylation sites is 1. The van der Waals surface area contributed by atoms with Crippen molar-refractivity contribution in [3.63, 3.8) is 0 Å². The highest BCUT2D eigenvalue weighted by atomic mass is 16.7. The quantitative estimate of drug-likeness (QED) is 0.874. The third-order valence-electron chi connectivity index (χ3n) is 3.14. The van der Waals surface area contributed by atoms with Gasteiger partial charge >= 0.3 is 0 Å². The van der Waals surface area contributed by atoms with E-state index in [4.69, 9.17) is 4.84 Å². The van der Waals surface area contributed by atoms with Crippen LogP contribution < -0.4 is 5.32 Å². The minimum atomic E-state index is -0.562. The number of amides is 3. The second-order valence-corrected chi connectivity index (χ2v) is 4.64. The predicted molar refractivity (Wildman–Crippen MR) is 78.0 cm³/mol. The summed E-state index contributed by atoms with van der Waals surface area (Å²) in [6.07, 6.45) is 0. The normalized spacial score (nSPS) is 13.2. The van der Waals surface area contributed by atoms with E-state index in [9.17, 15) is 14.4 Å². The van der Waals surface area contributed by atoms with Crippen molar-refractivity contribution >= 4 is 23.4 Å². The van der Waals surface area contributed by atoms with Crippen LogP contribution in [0.4, 0.5) is 5.69 Å². The van der Waals surface area contributed by atoms with Crippen LogP contribution in [0, 0.1) is 0 Å². The number of carbonyl (C=O) groups is 3. The van der Waals surface area contributed by atoms with Crippen LogP contribution in [0.3, 0.4) is 0 Å². The molecule has 0 saturated carbocycles. The molecule has 3 amide bonds. The number of imide groups is 1. The molecule has 0 aliphatic carbocycles. The Morgan fingerprint density at radius 2 is 1.45 bits per heavy atom. The maximum atomic E-state index is 12.0. The molecule has 0 spiro atoms. The van der Waals surface area contributed by atoms with E-state index in [-0.39, 0.29) is 11.1 Å². The maximum Gasteiger partial charge on any atom is 0.285 e. The van der Waals surface area contributed by atoms with Crippen LogP contribution in [0.1, 0.15) is 20.7 Å². The van der Waals surface area contributed by atoms with Gasteiger partial charge in [-0.1, -0.05) is 30.3 Å². The zero-order chi connectivity index (χ0) is 15.5. The lowest BCUT2D eigenvalue weighted by atomic mass is 10.1. The Kier molecular flexibility index (Phi) is 3.67. The molecular formula is C16H12N2O4. The molecule has 1 heterocycles. The number of nitrogens with zero attached hydrogens (tertiary/aromatic N) is 1. The molecule has 0 atom stereocenters. The summed E-state index contributed by atoms with van der Waals surface area (Å²) in [5.41, 5.74) is 1.16. The average Bonchev–Trinajstić information content (AvgIpc) is 2.78. The van der Waals surface area contributed by atoms with E-state index in [1.165, 1.54) is 0 Å². The van der Waals surface area contributed by atoms with Crippen LogP contribution in [0.25, 0.3) is 0 Å². The molecule has 1 aliphatic heterocycles. The number of nitrogens with one attached hydrogen (secondary N) is 1. The Morgan fingerprint density at radius 1 is 0.909 bits per heavy atom. The highest BCUT2D eigenvalue weighted by Crippen LogP contribution is 2.22. The van der Waals surface area contributed by atoms with Crippen LogP contribution >= 0.6 is 0 Å². The average molecular weight is 296 g/mol. The van der Waals surface area contributed by atoms with Crippen LogP contribution in [0.2, 0.25) is 0 Å². The molecule has 2 aromatic carbocycles. The van der Waals surface area contributed by atoms with E-state index >= 15 is 0 Å². The summed E-state index contributed by atoms with van der Waals surface area (Å²) < 4.78 is 0. The molecular weight excluding hydrogens is 284 g/mol. The van der Waals surface area contributed by atoms with Crippen molar-refractivity contribution in [3.8, 4) is 0 Å². The molecule has 2 aromatic rings. The molecule has 1 N–H and O–H groups in total. The van der Waals surface area contributed by atoms with E-state index in [0.717, 1.165) is 0 Å². The highest BCUT2D eigenvalue weighted by molar-refractivity contribution is 6.20. The molecule has 110 valence electrons. The molecule has 1 aliphatic rings. The molecule has 0 saturated heterocycles. The second kappa shape index (κ2) is 5.79. The van der Waals surface area contributed by atoms with Gasteiger partial charge in [0.25, 0.3) is 17.7 Å². The zero-order valence-electron chi connectivity index (χ0n) is 11.5. The number of benzene rings is 2. The summed E-state index contributed by atoms with van der Waals surface area (Å²) in [5, 5.41) is 3.22. The van der Waals surface area contributed by atoms with Crippen molar-refractivity contribution in [3.05, 3.63) is 65.7 Å². The van der Waals surface area contributed by atoms with Gasteiger partial charge in [-0.05, 0) is 24.3 Å². The summed E-state index contributed by atoms with van der Waals surface area (Å²) >= 11 is 0. The van der Waals surface area contributed by atoms with Gasteiger partial charge in [-0.2, -0.15) is 0 Å². The number of fused-ring (bicyclic) bond motifs is 1. The van der Waals surface area contributed by atoms with Crippen LogP contribution in [0.15, 0.2) is 54.6 Å². The predicted octanol–water partition coefficient (Wildman–Crippen LogP) is 1.85. The Morgan fingerprint density at radius 3 is 2.05 bits per heavy atom. The van der Waals surface area contributed by atoms with Gasteiger partial charge in [0.1, 0.15) is 0 Å². The zero-order valence-corrected chi connectivity index (χ0v) is 11.5. The summed E-state index contributed by atoms with van der Waals surface area (Å²) in [6, 6.07) is 15.2. The first-order chi connectivity index (χ1) is 10.7. The Bertz CT molecular complexity index is 708. The summed E-state index contributed by atoms with van der Waals surface area (Å²) in [7, 11) is 0. The summed E-state index contributed by atoms with van der Waals surface area (Å²) in [4.78, 5) is 40.9. The molecule has 22 heavy (non-hydrogen) atoms. The molecule has 0 radical (unpaired) electrons. The first-order valence-electron chi connectivity index (χ1n) is 6.62. The van der Waals surface area contributed by atoms with Crippen LogP contribution in [-0.4, -0.2) is 29.4 Å². The maximum absolute atomic E-state index is 12.0. The number of hydroxylamine groups is 2. The molecule has 0 bridgehead atoms. The van der Waals surface area contributed by atoms with Gasteiger partial charge in [-0.3, -0.25) is 19.2 Å². The Balaban J connectivity index is 1.62. The van der Waals surface area contributed by atoms with E-state index in [0.29, 0.717) is 10.8 Å². The number of anilines is 1. The van der Waals surface area contributed by atoms with Gasteiger partial charge in [0.05, 0.1) is 11.1 Å². The van der Waals surface area contributed by atoms with Gasteiger partial charge in [0.2, 0.25) is 0 Å². The lowest BCUT2D eigenvalue weighted by Gasteiger charge is -2.13. The van der Waals surface area contributed by atoms with Gasteiger partial charge < -0.3 is 5.32 Å². The highest BCUT2D eigenvalue weighted by Gasteiger charge is 2.36. The lowest BCUT2D eigenvalue weighted by Crippen LogP contribution is -2.33. The first-order valence-corrected chi connectivity index (χ1v) is 6.62.